The lowest BCUT2D eigenvalue weighted by Gasteiger charge is -2.32. The van der Waals surface area contributed by atoms with Gasteiger partial charge in [0.1, 0.15) is 5.38 Å². The quantitative estimate of drug-likeness (QED) is 0.419. The molecule has 2 N–H and O–H groups in total. The Balaban J connectivity index is 1.13. The van der Waals surface area contributed by atoms with Crippen LogP contribution in [0.5, 0.6) is 0 Å². The molecule has 3 aliphatic heterocycles. The van der Waals surface area contributed by atoms with Gasteiger partial charge in [-0.15, -0.1) is 11.6 Å². The summed E-state index contributed by atoms with van der Waals surface area (Å²) in [5.41, 5.74) is 2.82. The summed E-state index contributed by atoms with van der Waals surface area (Å²) in [6, 6.07) is 8.21. The summed E-state index contributed by atoms with van der Waals surface area (Å²) in [5.74, 6) is 0.197. The van der Waals surface area contributed by atoms with Crippen LogP contribution in [-0.2, 0) is 9.59 Å². The van der Waals surface area contributed by atoms with Gasteiger partial charge in [0, 0.05) is 79.6 Å². The summed E-state index contributed by atoms with van der Waals surface area (Å²) in [4.78, 5) is 44.1. The van der Waals surface area contributed by atoms with E-state index in [2.05, 4.69) is 21.4 Å². The van der Waals surface area contributed by atoms with Gasteiger partial charge in [-0.2, -0.15) is 0 Å². The molecule has 3 atom stereocenters. The molecular formula is C28H36ClN7O2. The largest absolute Gasteiger partial charge is 0.360 e. The zero-order valence-electron chi connectivity index (χ0n) is 22.0. The van der Waals surface area contributed by atoms with Crippen LogP contribution in [0.4, 0.5) is 0 Å². The fourth-order valence-electron chi connectivity index (χ4n) is 5.43. The van der Waals surface area contributed by atoms with E-state index in [1.54, 1.807) is 12.3 Å². The van der Waals surface area contributed by atoms with Crippen LogP contribution in [0.3, 0.4) is 0 Å². The first kappa shape index (κ1) is 26.6. The summed E-state index contributed by atoms with van der Waals surface area (Å²) in [5, 5.41) is 4.19. The van der Waals surface area contributed by atoms with Gasteiger partial charge < -0.3 is 19.7 Å². The fourth-order valence-corrected chi connectivity index (χ4v) is 5.67. The van der Waals surface area contributed by atoms with Crippen molar-refractivity contribution in [2.24, 2.45) is 15.9 Å². The molecular weight excluding hydrogens is 502 g/mol. The lowest BCUT2D eigenvalue weighted by atomic mass is 9.95. The molecule has 4 heterocycles. The number of H-pyrrole nitrogens is 1. The maximum atomic E-state index is 13.2. The van der Waals surface area contributed by atoms with Gasteiger partial charge in [0.2, 0.25) is 11.8 Å². The van der Waals surface area contributed by atoms with E-state index in [-0.39, 0.29) is 23.8 Å². The number of halogens is 1. The number of amides is 2. The molecule has 1 aromatic heterocycles. The SMILES string of the molecule is CN(C)CC=CC(=O)N1CCC(C(=O)N2CCC(NC3N=CC(Cl)C(c4c[nH]c5ccccc45)=N3)C2)CC1. The number of likely N-dealkylation sites (tertiary alicyclic amines) is 2. The predicted octanol–water partition coefficient (Wildman–Crippen LogP) is 2.48. The molecule has 202 valence electrons. The second kappa shape index (κ2) is 11.8. The van der Waals surface area contributed by atoms with Crippen molar-refractivity contribution in [2.45, 2.75) is 37.0 Å². The minimum absolute atomic E-state index is 0.0280. The first-order valence-corrected chi connectivity index (χ1v) is 13.8. The summed E-state index contributed by atoms with van der Waals surface area (Å²) >= 11 is 6.57. The topological polar surface area (TPSA) is 96.4 Å². The molecule has 2 amide bonds. The first-order chi connectivity index (χ1) is 18.4. The number of aromatic nitrogens is 1. The Bertz CT molecular complexity index is 1240. The van der Waals surface area contributed by atoms with Crippen LogP contribution in [0.1, 0.15) is 24.8 Å². The van der Waals surface area contributed by atoms with Gasteiger partial charge in [-0.25, -0.2) is 4.99 Å². The molecule has 3 unspecified atom stereocenters. The fraction of sp³-hybridized carbons (Fsp3) is 0.500. The van der Waals surface area contributed by atoms with Crippen LogP contribution in [0.15, 0.2) is 52.6 Å². The molecule has 1 aromatic carbocycles. The number of hydrogen-bond acceptors (Lipinski definition) is 6. The van der Waals surface area contributed by atoms with Crippen molar-refractivity contribution in [1.29, 1.82) is 0 Å². The smallest absolute Gasteiger partial charge is 0.246 e. The van der Waals surface area contributed by atoms with Crippen LogP contribution in [0.25, 0.3) is 10.9 Å². The molecule has 38 heavy (non-hydrogen) atoms. The number of fused-ring (bicyclic) bond motifs is 1. The minimum Gasteiger partial charge on any atom is -0.360 e. The molecule has 10 heteroatoms. The van der Waals surface area contributed by atoms with Gasteiger partial charge in [0.25, 0.3) is 0 Å². The average Bonchev–Trinajstić information content (AvgIpc) is 3.56. The predicted molar refractivity (Wildman–Crippen MR) is 152 cm³/mol. The Morgan fingerprint density at radius 3 is 2.71 bits per heavy atom. The molecule has 9 nitrogen and oxygen atoms in total. The number of carbonyl (C=O) groups excluding carboxylic acids is 2. The summed E-state index contributed by atoms with van der Waals surface area (Å²) in [6.45, 7) is 3.34. The Morgan fingerprint density at radius 2 is 1.92 bits per heavy atom. The molecule has 0 saturated carbocycles. The molecule has 0 spiro atoms. The highest BCUT2D eigenvalue weighted by Gasteiger charge is 2.34. The van der Waals surface area contributed by atoms with Gasteiger partial charge in [-0.05, 0) is 39.4 Å². The van der Waals surface area contributed by atoms with Crippen molar-refractivity contribution in [1.82, 2.24) is 25.0 Å². The second-order valence-corrected chi connectivity index (χ2v) is 11.0. The van der Waals surface area contributed by atoms with Gasteiger partial charge in [0.15, 0.2) is 6.29 Å². The van der Waals surface area contributed by atoms with Crippen molar-refractivity contribution in [3.63, 3.8) is 0 Å². The van der Waals surface area contributed by atoms with Crippen LogP contribution < -0.4 is 5.32 Å². The Labute approximate surface area is 228 Å². The third-order valence-electron chi connectivity index (χ3n) is 7.52. The van der Waals surface area contributed by atoms with Crippen molar-refractivity contribution >= 4 is 46.2 Å². The number of nitrogens with zero attached hydrogens (tertiary/aromatic N) is 5. The molecule has 5 rings (SSSR count). The highest BCUT2D eigenvalue weighted by Crippen LogP contribution is 2.25. The van der Waals surface area contributed by atoms with E-state index in [1.807, 2.05) is 59.3 Å². The van der Waals surface area contributed by atoms with Gasteiger partial charge >= 0.3 is 0 Å². The number of carbonyl (C=O) groups is 2. The zero-order valence-corrected chi connectivity index (χ0v) is 22.8. The normalized spacial score (nSPS) is 24.6. The number of benzene rings is 1. The Morgan fingerprint density at radius 1 is 1.16 bits per heavy atom. The summed E-state index contributed by atoms with van der Waals surface area (Å²) in [6.07, 6.45) is 9.07. The van der Waals surface area contributed by atoms with Crippen LogP contribution in [-0.4, -0.2) is 108 Å². The van der Waals surface area contributed by atoms with Crippen molar-refractivity contribution < 1.29 is 9.59 Å². The Kier molecular flexibility index (Phi) is 8.26. The van der Waals surface area contributed by atoms with Crippen molar-refractivity contribution in [3.05, 3.63) is 48.2 Å². The van der Waals surface area contributed by atoms with Gasteiger partial charge in [-0.3, -0.25) is 19.9 Å². The lowest BCUT2D eigenvalue weighted by Crippen LogP contribution is -2.45. The number of nitrogens with one attached hydrogen (secondary N) is 2. The number of hydrogen-bond donors (Lipinski definition) is 2. The first-order valence-electron chi connectivity index (χ1n) is 13.4. The van der Waals surface area contributed by atoms with Gasteiger partial charge in [0.05, 0.1) is 5.71 Å². The standard InChI is InChI=1S/C28H36ClN7O2/c1-34(2)12-5-8-25(37)35-13-9-19(10-14-35)27(38)36-15-11-20(18-36)32-28-31-17-23(29)26(33-28)22-16-30-24-7-4-3-6-21(22)24/h3-8,16-17,19-20,23,28,30,32H,9-15,18H2,1-2H3. The van der Waals surface area contributed by atoms with Gasteiger partial charge in [-0.1, -0.05) is 24.3 Å². The van der Waals surface area contributed by atoms with E-state index in [9.17, 15) is 9.59 Å². The summed E-state index contributed by atoms with van der Waals surface area (Å²) < 4.78 is 0. The molecule has 2 saturated heterocycles. The third-order valence-corrected chi connectivity index (χ3v) is 7.84. The number of rotatable bonds is 7. The molecule has 0 bridgehead atoms. The average molecular weight is 538 g/mol. The number of piperidine rings is 1. The molecule has 0 aliphatic carbocycles. The molecule has 2 aromatic rings. The van der Waals surface area contributed by atoms with Crippen LogP contribution >= 0.6 is 11.6 Å². The van der Waals surface area contributed by atoms with E-state index in [1.165, 1.54) is 0 Å². The van der Waals surface area contributed by atoms with E-state index in [0.29, 0.717) is 32.5 Å². The monoisotopic (exact) mass is 537 g/mol. The second-order valence-electron chi connectivity index (χ2n) is 10.5. The number of aromatic amines is 1. The zero-order chi connectivity index (χ0) is 26.6. The lowest BCUT2D eigenvalue weighted by molar-refractivity contribution is -0.138. The van der Waals surface area contributed by atoms with E-state index < -0.39 is 11.7 Å². The minimum atomic E-state index is -0.427. The molecule has 2 fully saturated rings. The van der Waals surface area contributed by atoms with Crippen LogP contribution in [0, 0.1) is 5.92 Å². The van der Waals surface area contributed by atoms with E-state index in [4.69, 9.17) is 16.6 Å². The van der Waals surface area contributed by atoms with Crippen molar-refractivity contribution in [2.75, 3.05) is 46.8 Å². The van der Waals surface area contributed by atoms with E-state index in [0.717, 1.165) is 41.7 Å². The number of aliphatic imine (C=N–C) groups is 2. The molecule has 3 aliphatic rings. The van der Waals surface area contributed by atoms with Crippen LogP contribution in [0.2, 0.25) is 0 Å². The maximum absolute atomic E-state index is 13.2. The highest BCUT2D eigenvalue weighted by atomic mass is 35.5. The number of likely N-dealkylation sites (N-methyl/N-ethyl adjacent to an activating group) is 1. The highest BCUT2D eigenvalue weighted by molar-refractivity contribution is 6.44. The number of para-hydroxylation sites is 1. The van der Waals surface area contributed by atoms with E-state index >= 15 is 0 Å². The maximum Gasteiger partial charge on any atom is 0.246 e. The summed E-state index contributed by atoms with van der Waals surface area (Å²) in [7, 11) is 3.94. The third kappa shape index (κ3) is 6.00. The van der Waals surface area contributed by atoms with Crippen molar-refractivity contribution in [3.8, 4) is 0 Å². The number of alkyl halides is 1. The Hall–Kier alpha value is -3.01. The molecule has 0 radical (unpaired) electrons.